The van der Waals surface area contributed by atoms with Crippen LogP contribution in [0.25, 0.3) is 0 Å². The second-order valence-corrected chi connectivity index (χ2v) is 5.32. The van der Waals surface area contributed by atoms with E-state index >= 15 is 0 Å². The molecule has 2 aromatic carbocycles. The van der Waals surface area contributed by atoms with Gasteiger partial charge in [0.05, 0.1) is 0 Å². The quantitative estimate of drug-likeness (QED) is 0.860. The van der Waals surface area contributed by atoms with Crippen LogP contribution in [0, 0.1) is 6.92 Å². The molecule has 0 saturated heterocycles. The van der Waals surface area contributed by atoms with E-state index in [9.17, 15) is 0 Å². The number of para-hydroxylation sites is 1. The number of ether oxygens (including phenoxy) is 1. The van der Waals surface area contributed by atoms with Crippen molar-refractivity contribution in [2.45, 2.75) is 26.5 Å². The van der Waals surface area contributed by atoms with Crippen molar-refractivity contribution in [3.05, 3.63) is 64.7 Å². The van der Waals surface area contributed by atoms with Gasteiger partial charge in [0, 0.05) is 18.1 Å². The zero-order valence-electron chi connectivity index (χ0n) is 11.9. The first-order valence-electron chi connectivity index (χ1n) is 6.83. The number of hydrogen-bond acceptors (Lipinski definition) is 2. The van der Waals surface area contributed by atoms with Crippen LogP contribution < -0.4 is 10.1 Å². The third-order valence-electron chi connectivity index (χ3n) is 3.13. The summed E-state index contributed by atoms with van der Waals surface area (Å²) in [4.78, 5) is 0. The maximum Gasteiger partial charge on any atom is 0.122 e. The van der Waals surface area contributed by atoms with Crippen LogP contribution in [0.2, 0.25) is 5.02 Å². The van der Waals surface area contributed by atoms with Crippen molar-refractivity contribution in [1.82, 2.24) is 5.32 Å². The molecule has 0 aliphatic rings. The second-order valence-electron chi connectivity index (χ2n) is 4.92. The van der Waals surface area contributed by atoms with Crippen LogP contribution in [0.1, 0.15) is 18.1 Å². The molecule has 106 valence electrons. The minimum Gasteiger partial charge on any atom is -0.489 e. The summed E-state index contributed by atoms with van der Waals surface area (Å²) < 4.78 is 5.92. The highest BCUT2D eigenvalue weighted by molar-refractivity contribution is 6.31. The molecule has 0 aliphatic carbocycles. The molecule has 2 rings (SSSR count). The van der Waals surface area contributed by atoms with Gasteiger partial charge < -0.3 is 10.1 Å². The molecule has 0 heterocycles. The Kier molecular flexibility index (Phi) is 5.45. The lowest BCUT2D eigenvalue weighted by Crippen LogP contribution is -2.28. The largest absolute Gasteiger partial charge is 0.489 e. The fourth-order valence-corrected chi connectivity index (χ4v) is 2.20. The standard InChI is InChI=1S/C17H20ClNO/c1-13-7-3-6-10-17(13)20-14(2)11-19-12-15-8-4-5-9-16(15)18/h3-10,14,19H,11-12H2,1-2H3. The number of nitrogens with one attached hydrogen (secondary N) is 1. The van der Waals surface area contributed by atoms with E-state index in [2.05, 4.69) is 25.2 Å². The molecule has 0 radical (unpaired) electrons. The zero-order chi connectivity index (χ0) is 14.4. The van der Waals surface area contributed by atoms with Gasteiger partial charge in [0.15, 0.2) is 0 Å². The number of aryl methyl sites for hydroxylation is 1. The van der Waals surface area contributed by atoms with Crippen LogP contribution in [-0.4, -0.2) is 12.6 Å². The first-order chi connectivity index (χ1) is 9.66. The van der Waals surface area contributed by atoms with E-state index in [0.717, 1.165) is 35.0 Å². The van der Waals surface area contributed by atoms with Crippen molar-refractivity contribution in [2.75, 3.05) is 6.54 Å². The Hall–Kier alpha value is -1.51. The Balaban J connectivity index is 1.80. The highest BCUT2D eigenvalue weighted by atomic mass is 35.5. The van der Waals surface area contributed by atoms with Gasteiger partial charge in [0.1, 0.15) is 11.9 Å². The maximum absolute atomic E-state index is 6.12. The Morgan fingerprint density at radius 3 is 2.55 bits per heavy atom. The first kappa shape index (κ1) is 14.9. The molecule has 3 heteroatoms. The van der Waals surface area contributed by atoms with Gasteiger partial charge in [-0.25, -0.2) is 0 Å². The van der Waals surface area contributed by atoms with E-state index in [-0.39, 0.29) is 6.10 Å². The molecular formula is C17H20ClNO. The van der Waals surface area contributed by atoms with Gasteiger partial charge in [0.25, 0.3) is 0 Å². The summed E-state index contributed by atoms with van der Waals surface area (Å²) in [6, 6.07) is 15.9. The van der Waals surface area contributed by atoms with E-state index in [1.54, 1.807) is 0 Å². The lowest BCUT2D eigenvalue weighted by atomic mass is 10.2. The molecular weight excluding hydrogens is 270 g/mol. The molecule has 0 spiro atoms. The SMILES string of the molecule is Cc1ccccc1OC(C)CNCc1ccccc1Cl. The van der Waals surface area contributed by atoms with Gasteiger partial charge >= 0.3 is 0 Å². The second kappa shape index (κ2) is 7.32. The smallest absolute Gasteiger partial charge is 0.122 e. The van der Waals surface area contributed by atoms with Crippen molar-refractivity contribution in [3.8, 4) is 5.75 Å². The van der Waals surface area contributed by atoms with Crippen LogP contribution in [0.5, 0.6) is 5.75 Å². The number of benzene rings is 2. The fourth-order valence-electron chi connectivity index (χ4n) is 2.00. The molecule has 0 aliphatic heterocycles. The molecule has 20 heavy (non-hydrogen) atoms. The van der Waals surface area contributed by atoms with E-state index in [0.29, 0.717) is 0 Å². The molecule has 0 amide bonds. The van der Waals surface area contributed by atoms with Crippen molar-refractivity contribution < 1.29 is 4.74 Å². The normalized spacial score (nSPS) is 12.2. The number of halogens is 1. The Morgan fingerprint density at radius 1 is 1.10 bits per heavy atom. The summed E-state index contributed by atoms with van der Waals surface area (Å²) in [6.07, 6.45) is 0.110. The van der Waals surface area contributed by atoms with Crippen LogP contribution >= 0.6 is 11.6 Å². The highest BCUT2D eigenvalue weighted by Crippen LogP contribution is 2.18. The summed E-state index contributed by atoms with van der Waals surface area (Å²) in [6.45, 7) is 5.64. The summed E-state index contributed by atoms with van der Waals surface area (Å²) in [5.74, 6) is 0.944. The molecule has 0 aromatic heterocycles. The van der Waals surface area contributed by atoms with Crippen molar-refractivity contribution in [3.63, 3.8) is 0 Å². The third kappa shape index (κ3) is 4.26. The van der Waals surface area contributed by atoms with Crippen LogP contribution in [0.15, 0.2) is 48.5 Å². The van der Waals surface area contributed by atoms with Crippen molar-refractivity contribution in [2.24, 2.45) is 0 Å². The van der Waals surface area contributed by atoms with Gasteiger partial charge in [-0.2, -0.15) is 0 Å². The van der Waals surface area contributed by atoms with Gasteiger partial charge in [-0.1, -0.05) is 48.0 Å². The Labute approximate surface area is 125 Å². The maximum atomic E-state index is 6.12. The summed E-state index contributed by atoms with van der Waals surface area (Å²) in [5, 5.41) is 4.17. The average Bonchev–Trinajstić information content (AvgIpc) is 2.43. The minimum absolute atomic E-state index is 0.110. The lowest BCUT2D eigenvalue weighted by Gasteiger charge is -2.17. The topological polar surface area (TPSA) is 21.3 Å². The molecule has 1 unspecified atom stereocenters. The van der Waals surface area contributed by atoms with Gasteiger partial charge in [-0.05, 0) is 37.1 Å². The minimum atomic E-state index is 0.110. The monoisotopic (exact) mass is 289 g/mol. The summed E-state index contributed by atoms with van der Waals surface area (Å²) >= 11 is 6.12. The summed E-state index contributed by atoms with van der Waals surface area (Å²) in [5.41, 5.74) is 2.27. The highest BCUT2D eigenvalue weighted by Gasteiger charge is 2.06. The third-order valence-corrected chi connectivity index (χ3v) is 3.50. The molecule has 2 nitrogen and oxygen atoms in total. The van der Waals surface area contributed by atoms with Gasteiger partial charge in [-0.15, -0.1) is 0 Å². The van der Waals surface area contributed by atoms with Crippen molar-refractivity contribution >= 4 is 11.6 Å². The van der Waals surface area contributed by atoms with Crippen molar-refractivity contribution in [1.29, 1.82) is 0 Å². The van der Waals surface area contributed by atoms with Crippen LogP contribution in [0.4, 0.5) is 0 Å². The Morgan fingerprint density at radius 2 is 1.80 bits per heavy atom. The lowest BCUT2D eigenvalue weighted by molar-refractivity contribution is 0.215. The Bertz CT molecular complexity index is 556. The van der Waals surface area contributed by atoms with E-state index in [1.165, 1.54) is 0 Å². The van der Waals surface area contributed by atoms with Gasteiger partial charge in [-0.3, -0.25) is 0 Å². The fraction of sp³-hybridized carbons (Fsp3) is 0.294. The van der Waals surface area contributed by atoms with Crippen LogP contribution in [-0.2, 0) is 6.54 Å². The molecule has 1 atom stereocenters. The molecule has 0 bridgehead atoms. The predicted octanol–water partition coefficient (Wildman–Crippen LogP) is 4.21. The first-order valence-corrected chi connectivity index (χ1v) is 7.21. The number of hydrogen-bond donors (Lipinski definition) is 1. The molecule has 1 N–H and O–H groups in total. The van der Waals surface area contributed by atoms with E-state index < -0.39 is 0 Å². The predicted molar refractivity (Wildman–Crippen MR) is 84.4 cm³/mol. The molecule has 0 fully saturated rings. The van der Waals surface area contributed by atoms with E-state index in [1.807, 2.05) is 42.5 Å². The zero-order valence-corrected chi connectivity index (χ0v) is 12.7. The molecule has 2 aromatic rings. The molecule has 0 saturated carbocycles. The van der Waals surface area contributed by atoms with E-state index in [4.69, 9.17) is 16.3 Å². The van der Waals surface area contributed by atoms with Gasteiger partial charge in [0.2, 0.25) is 0 Å². The number of rotatable bonds is 6. The van der Waals surface area contributed by atoms with Crippen LogP contribution in [0.3, 0.4) is 0 Å². The summed E-state index contributed by atoms with van der Waals surface area (Å²) in [7, 11) is 0. The average molecular weight is 290 g/mol.